The molecule has 1 heterocycles. The number of benzene rings is 1. The predicted molar refractivity (Wildman–Crippen MR) is 79.4 cm³/mol. The topological polar surface area (TPSA) is 21.3 Å². The van der Waals surface area contributed by atoms with E-state index in [1.54, 1.807) is 7.11 Å². The van der Waals surface area contributed by atoms with E-state index in [-0.39, 0.29) is 0 Å². The van der Waals surface area contributed by atoms with Crippen molar-refractivity contribution in [2.24, 2.45) is 0 Å². The van der Waals surface area contributed by atoms with Crippen LogP contribution in [0.3, 0.4) is 0 Å². The third-order valence-corrected chi connectivity index (χ3v) is 4.51. The summed E-state index contributed by atoms with van der Waals surface area (Å²) >= 11 is 3.70. The molecular formula is C15H22BrNO. The van der Waals surface area contributed by atoms with E-state index in [2.05, 4.69) is 47.2 Å². The summed E-state index contributed by atoms with van der Waals surface area (Å²) in [5, 5.41) is 3.61. The van der Waals surface area contributed by atoms with E-state index in [1.807, 2.05) is 0 Å². The fourth-order valence-electron chi connectivity index (χ4n) is 2.49. The van der Waals surface area contributed by atoms with Crippen molar-refractivity contribution >= 4 is 15.9 Å². The molecule has 100 valence electrons. The molecule has 0 bridgehead atoms. The minimum atomic E-state index is 0.459. The molecule has 1 aliphatic rings. The van der Waals surface area contributed by atoms with Crippen molar-refractivity contribution in [1.29, 1.82) is 0 Å². The maximum atomic E-state index is 5.49. The quantitative estimate of drug-likeness (QED) is 0.893. The SMILES string of the molecule is COc1cc(C(C)C)cc(C2CCCCN2)c1Br. The lowest BCUT2D eigenvalue weighted by Crippen LogP contribution is -2.27. The highest BCUT2D eigenvalue weighted by atomic mass is 79.9. The number of halogens is 1. The molecule has 1 aliphatic heterocycles. The van der Waals surface area contributed by atoms with Crippen molar-refractivity contribution < 1.29 is 4.74 Å². The second-order valence-electron chi connectivity index (χ2n) is 5.28. The molecule has 0 aliphatic carbocycles. The van der Waals surface area contributed by atoms with Gasteiger partial charge in [-0.3, -0.25) is 0 Å². The van der Waals surface area contributed by atoms with Gasteiger partial charge in [0.2, 0.25) is 0 Å². The van der Waals surface area contributed by atoms with Crippen molar-refractivity contribution in [2.75, 3.05) is 13.7 Å². The van der Waals surface area contributed by atoms with Gasteiger partial charge in [-0.2, -0.15) is 0 Å². The first-order chi connectivity index (χ1) is 8.63. The minimum absolute atomic E-state index is 0.459. The molecule has 18 heavy (non-hydrogen) atoms. The number of rotatable bonds is 3. The number of piperidine rings is 1. The van der Waals surface area contributed by atoms with Crippen LogP contribution in [0.25, 0.3) is 0 Å². The van der Waals surface area contributed by atoms with Crippen LogP contribution in [0.4, 0.5) is 0 Å². The first-order valence-electron chi connectivity index (χ1n) is 6.74. The second-order valence-corrected chi connectivity index (χ2v) is 6.08. The Morgan fingerprint density at radius 3 is 2.67 bits per heavy atom. The highest BCUT2D eigenvalue weighted by molar-refractivity contribution is 9.10. The van der Waals surface area contributed by atoms with Gasteiger partial charge in [0, 0.05) is 6.04 Å². The Morgan fingerprint density at radius 1 is 1.33 bits per heavy atom. The summed E-state index contributed by atoms with van der Waals surface area (Å²) in [4.78, 5) is 0. The zero-order chi connectivity index (χ0) is 13.1. The lowest BCUT2D eigenvalue weighted by atomic mass is 9.93. The van der Waals surface area contributed by atoms with Crippen molar-refractivity contribution in [2.45, 2.75) is 45.1 Å². The van der Waals surface area contributed by atoms with Gasteiger partial charge >= 0.3 is 0 Å². The summed E-state index contributed by atoms with van der Waals surface area (Å²) in [6.07, 6.45) is 3.80. The summed E-state index contributed by atoms with van der Waals surface area (Å²) in [6, 6.07) is 4.92. The molecule has 0 amide bonds. The van der Waals surface area contributed by atoms with Gasteiger partial charge in [0.25, 0.3) is 0 Å². The molecule has 2 nitrogen and oxygen atoms in total. The zero-order valence-electron chi connectivity index (χ0n) is 11.4. The Kier molecular flexibility index (Phi) is 4.68. The van der Waals surface area contributed by atoms with Crippen LogP contribution in [-0.4, -0.2) is 13.7 Å². The number of nitrogens with one attached hydrogen (secondary N) is 1. The van der Waals surface area contributed by atoms with Crippen LogP contribution in [-0.2, 0) is 0 Å². The molecule has 1 saturated heterocycles. The van der Waals surface area contributed by atoms with Crippen molar-refractivity contribution in [3.63, 3.8) is 0 Å². The molecule has 1 aromatic rings. The van der Waals surface area contributed by atoms with Crippen LogP contribution in [0.15, 0.2) is 16.6 Å². The summed E-state index contributed by atoms with van der Waals surface area (Å²) in [7, 11) is 1.74. The predicted octanol–water partition coefficient (Wildman–Crippen LogP) is 4.40. The molecule has 1 unspecified atom stereocenters. The normalized spacial score (nSPS) is 20.2. The molecule has 1 atom stereocenters. The highest BCUT2D eigenvalue weighted by Crippen LogP contribution is 2.38. The fraction of sp³-hybridized carbons (Fsp3) is 0.600. The first-order valence-corrected chi connectivity index (χ1v) is 7.53. The average molecular weight is 312 g/mol. The summed E-state index contributed by atoms with van der Waals surface area (Å²) in [6.45, 7) is 5.56. The summed E-state index contributed by atoms with van der Waals surface area (Å²) in [5.74, 6) is 1.47. The highest BCUT2D eigenvalue weighted by Gasteiger charge is 2.20. The van der Waals surface area contributed by atoms with Crippen LogP contribution in [0.5, 0.6) is 5.75 Å². The maximum Gasteiger partial charge on any atom is 0.133 e. The average Bonchev–Trinajstić information content (AvgIpc) is 2.39. The Morgan fingerprint density at radius 2 is 2.11 bits per heavy atom. The first kappa shape index (κ1) is 13.9. The number of methoxy groups -OCH3 is 1. The van der Waals surface area contributed by atoms with Gasteiger partial charge in [-0.25, -0.2) is 0 Å². The molecule has 1 aromatic carbocycles. The van der Waals surface area contributed by atoms with Crippen molar-refractivity contribution in [3.05, 3.63) is 27.7 Å². The standard InChI is InChI=1S/C15H22BrNO/c1-10(2)11-8-12(13-6-4-5-7-17-13)15(16)14(9-11)18-3/h8-10,13,17H,4-7H2,1-3H3. The van der Waals surface area contributed by atoms with Crippen molar-refractivity contribution in [3.8, 4) is 5.75 Å². The minimum Gasteiger partial charge on any atom is -0.496 e. The Bertz CT molecular complexity index is 411. The van der Waals surface area contributed by atoms with Gasteiger partial charge in [-0.15, -0.1) is 0 Å². The van der Waals surface area contributed by atoms with Crippen LogP contribution in [0.2, 0.25) is 0 Å². The Hall–Kier alpha value is -0.540. The van der Waals surface area contributed by atoms with Crippen LogP contribution < -0.4 is 10.1 Å². The Labute approximate surface area is 118 Å². The van der Waals surface area contributed by atoms with Gasteiger partial charge in [0.1, 0.15) is 5.75 Å². The van der Waals surface area contributed by atoms with E-state index in [0.29, 0.717) is 12.0 Å². The lowest BCUT2D eigenvalue weighted by molar-refractivity contribution is 0.396. The third-order valence-electron chi connectivity index (χ3n) is 3.66. The maximum absolute atomic E-state index is 5.49. The summed E-state index contributed by atoms with van der Waals surface area (Å²) < 4.78 is 6.60. The summed E-state index contributed by atoms with van der Waals surface area (Å²) in [5.41, 5.74) is 2.69. The number of ether oxygens (including phenoxy) is 1. The largest absolute Gasteiger partial charge is 0.496 e. The molecule has 0 saturated carbocycles. The molecule has 2 rings (SSSR count). The van der Waals surface area contributed by atoms with Gasteiger partial charge in [-0.05, 0) is 58.4 Å². The molecular weight excluding hydrogens is 290 g/mol. The van der Waals surface area contributed by atoms with Gasteiger partial charge in [0.15, 0.2) is 0 Å². The van der Waals surface area contributed by atoms with Gasteiger partial charge < -0.3 is 10.1 Å². The van der Waals surface area contributed by atoms with Gasteiger partial charge in [0.05, 0.1) is 11.6 Å². The van der Waals surface area contributed by atoms with Crippen LogP contribution in [0, 0.1) is 0 Å². The third kappa shape index (κ3) is 2.89. The van der Waals surface area contributed by atoms with E-state index >= 15 is 0 Å². The molecule has 0 aromatic heterocycles. The zero-order valence-corrected chi connectivity index (χ0v) is 13.0. The monoisotopic (exact) mass is 311 g/mol. The van der Waals surface area contributed by atoms with Crippen LogP contribution in [0.1, 0.15) is 56.2 Å². The van der Waals surface area contributed by atoms with Crippen molar-refractivity contribution in [1.82, 2.24) is 5.32 Å². The smallest absolute Gasteiger partial charge is 0.133 e. The van der Waals surface area contributed by atoms with E-state index < -0.39 is 0 Å². The van der Waals surface area contributed by atoms with E-state index in [1.165, 1.54) is 30.4 Å². The molecule has 1 fully saturated rings. The van der Waals surface area contributed by atoms with E-state index in [0.717, 1.165) is 16.8 Å². The Balaban J connectivity index is 2.40. The number of hydrogen-bond donors (Lipinski definition) is 1. The molecule has 3 heteroatoms. The van der Waals surface area contributed by atoms with E-state index in [4.69, 9.17) is 4.74 Å². The molecule has 1 N–H and O–H groups in total. The van der Waals surface area contributed by atoms with Gasteiger partial charge in [-0.1, -0.05) is 26.3 Å². The fourth-order valence-corrected chi connectivity index (χ4v) is 3.16. The number of hydrogen-bond acceptors (Lipinski definition) is 2. The molecule has 0 spiro atoms. The van der Waals surface area contributed by atoms with Crippen LogP contribution >= 0.6 is 15.9 Å². The second kappa shape index (κ2) is 6.07. The molecule has 0 radical (unpaired) electrons. The van der Waals surface area contributed by atoms with E-state index in [9.17, 15) is 0 Å². The lowest BCUT2D eigenvalue weighted by Gasteiger charge is -2.26.